The van der Waals surface area contributed by atoms with Crippen LogP contribution >= 0.6 is 23.2 Å². The Morgan fingerprint density at radius 3 is 2.45 bits per heavy atom. The van der Waals surface area contributed by atoms with Crippen molar-refractivity contribution in [2.45, 2.75) is 37.6 Å². The summed E-state index contributed by atoms with van der Waals surface area (Å²) in [6.07, 6.45) is 3.31. The van der Waals surface area contributed by atoms with E-state index in [-0.39, 0.29) is 17.7 Å². The molecule has 6 heteroatoms. The highest BCUT2D eigenvalue weighted by molar-refractivity contribution is 6.34. The lowest BCUT2D eigenvalue weighted by molar-refractivity contribution is -0.142. The number of carbonyl (C=O) groups is 2. The van der Waals surface area contributed by atoms with Crippen LogP contribution in [-0.2, 0) is 9.59 Å². The molecule has 1 aromatic carbocycles. The molecule has 2 amide bonds. The number of likely N-dealkylation sites (tertiary alicyclic amines) is 1. The van der Waals surface area contributed by atoms with Gasteiger partial charge in [-0.25, -0.2) is 0 Å². The van der Waals surface area contributed by atoms with Crippen LogP contribution in [0.3, 0.4) is 0 Å². The summed E-state index contributed by atoms with van der Waals surface area (Å²) in [6, 6.07) is 4.94. The summed E-state index contributed by atoms with van der Waals surface area (Å²) in [5.41, 5.74) is 6.42. The maximum Gasteiger partial charge on any atom is 0.240 e. The Bertz CT molecular complexity index is 600. The number of primary amides is 1. The summed E-state index contributed by atoms with van der Waals surface area (Å²) in [7, 11) is 0. The second-order valence-electron chi connectivity index (χ2n) is 6.10. The molecule has 0 spiro atoms. The zero-order chi connectivity index (χ0) is 15.9. The Balaban J connectivity index is 1.73. The summed E-state index contributed by atoms with van der Waals surface area (Å²) in [6.45, 7) is 0.617. The van der Waals surface area contributed by atoms with Gasteiger partial charge in [-0.2, -0.15) is 0 Å². The first-order valence-corrected chi connectivity index (χ1v) is 8.29. The van der Waals surface area contributed by atoms with Gasteiger partial charge >= 0.3 is 0 Å². The third kappa shape index (κ3) is 3.08. The molecule has 0 bridgehead atoms. The maximum atomic E-state index is 12.7. The van der Waals surface area contributed by atoms with Crippen LogP contribution in [0, 0.1) is 5.92 Å². The van der Waals surface area contributed by atoms with Crippen LogP contribution in [0.4, 0.5) is 0 Å². The molecule has 1 saturated heterocycles. The van der Waals surface area contributed by atoms with Gasteiger partial charge in [0.05, 0.1) is 0 Å². The van der Waals surface area contributed by atoms with Crippen molar-refractivity contribution < 1.29 is 9.59 Å². The number of nitrogens with zero attached hydrogens (tertiary/aromatic N) is 1. The van der Waals surface area contributed by atoms with Crippen molar-refractivity contribution in [2.24, 2.45) is 11.7 Å². The van der Waals surface area contributed by atoms with Gasteiger partial charge in [0, 0.05) is 22.5 Å². The van der Waals surface area contributed by atoms with Crippen LogP contribution in [0.2, 0.25) is 10.0 Å². The van der Waals surface area contributed by atoms with Crippen molar-refractivity contribution in [1.29, 1.82) is 0 Å². The van der Waals surface area contributed by atoms with E-state index in [1.54, 1.807) is 11.0 Å². The molecule has 4 nitrogen and oxygen atoms in total. The highest BCUT2D eigenvalue weighted by atomic mass is 35.5. The lowest BCUT2D eigenvalue weighted by Crippen LogP contribution is -2.51. The fourth-order valence-electron chi connectivity index (χ4n) is 3.33. The number of nitrogens with two attached hydrogens (primary N) is 1. The molecule has 3 rings (SSSR count). The van der Waals surface area contributed by atoms with Crippen LogP contribution < -0.4 is 5.73 Å². The van der Waals surface area contributed by atoms with Gasteiger partial charge in [0.1, 0.15) is 6.04 Å². The number of amides is 2. The number of carbonyl (C=O) groups excluding carboxylic acids is 2. The minimum atomic E-state index is -0.453. The Hall–Kier alpha value is -1.26. The predicted octanol–water partition coefficient (Wildman–Crippen LogP) is 2.96. The number of rotatable bonds is 3. The second-order valence-corrected chi connectivity index (χ2v) is 6.97. The van der Waals surface area contributed by atoms with E-state index in [4.69, 9.17) is 28.9 Å². The smallest absolute Gasteiger partial charge is 0.240 e. The fraction of sp³-hybridized carbons (Fsp3) is 0.500. The monoisotopic (exact) mass is 340 g/mol. The zero-order valence-corrected chi connectivity index (χ0v) is 13.6. The van der Waals surface area contributed by atoms with Crippen LogP contribution in [0.15, 0.2) is 18.2 Å². The minimum absolute atomic E-state index is 0.0320. The fourth-order valence-corrected chi connectivity index (χ4v) is 3.87. The van der Waals surface area contributed by atoms with Crippen LogP contribution in [0.25, 0.3) is 0 Å². The van der Waals surface area contributed by atoms with Crippen molar-refractivity contribution in [1.82, 2.24) is 4.90 Å². The van der Waals surface area contributed by atoms with Crippen LogP contribution in [0.5, 0.6) is 0 Å². The molecule has 2 N–H and O–H groups in total. The van der Waals surface area contributed by atoms with Gasteiger partial charge < -0.3 is 10.6 Å². The van der Waals surface area contributed by atoms with Crippen molar-refractivity contribution in [3.63, 3.8) is 0 Å². The summed E-state index contributed by atoms with van der Waals surface area (Å²) < 4.78 is 0. The average molecular weight is 341 g/mol. The lowest BCUT2D eigenvalue weighted by atomic mass is 10.0. The second kappa shape index (κ2) is 6.09. The lowest BCUT2D eigenvalue weighted by Gasteiger charge is -2.34. The van der Waals surface area contributed by atoms with Gasteiger partial charge in [-0.15, -0.1) is 0 Å². The van der Waals surface area contributed by atoms with Gasteiger partial charge in [0.2, 0.25) is 11.8 Å². The summed E-state index contributed by atoms with van der Waals surface area (Å²) in [5.74, 6) is -0.325. The Labute approximate surface area is 139 Å². The third-order valence-corrected chi connectivity index (χ3v) is 4.97. The molecule has 1 saturated carbocycles. The van der Waals surface area contributed by atoms with E-state index < -0.39 is 11.9 Å². The first kappa shape index (κ1) is 15.6. The molecule has 22 heavy (non-hydrogen) atoms. The standard InChI is InChI=1S/C16H18Cl2N2O2/c17-10-5-9(6-11(18)7-10)12-8-13(12)16(22)20-4-2-1-3-14(20)15(19)21/h5-7,12-14H,1-4,8H2,(H2,19,21). The van der Waals surface area contributed by atoms with E-state index in [0.717, 1.165) is 24.8 Å². The molecule has 118 valence electrons. The topological polar surface area (TPSA) is 63.4 Å². The summed E-state index contributed by atoms with van der Waals surface area (Å²) in [5, 5.41) is 1.15. The highest BCUT2D eigenvalue weighted by Crippen LogP contribution is 2.50. The number of halogens is 2. The van der Waals surface area contributed by atoms with Crippen molar-refractivity contribution in [3.8, 4) is 0 Å². The SMILES string of the molecule is NC(=O)C1CCCCN1C(=O)C1CC1c1cc(Cl)cc(Cl)c1. The van der Waals surface area contributed by atoms with Crippen molar-refractivity contribution in [2.75, 3.05) is 6.54 Å². The van der Waals surface area contributed by atoms with E-state index in [0.29, 0.717) is 23.0 Å². The zero-order valence-electron chi connectivity index (χ0n) is 12.1. The van der Waals surface area contributed by atoms with Gasteiger partial charge in [-0.3, -0.25) is 9.59 Å². The molecule has 1 aliphatic carbocycles. The van der Waals surface area contributed by atoms with Gasteiger partial charge in [-0.05, 0) is 55.4 Å². The number of hydrogen-bond donors (Lipinski definition) is 1. The molecule has 0 radical (unpaired) electrons. The Morgan fingerprint density at radius 1 is 1.14 bits per heavy atom. The molecule has 3 atom stereocenters. The Morgan fingerprint density at radius 2 is 1.82 bits per heavy atom. The minimum Gasteiger partial charge on any atom is -0.368 e. The van der Waals surface area contributed by atoms with E-state index in [9.17, 15) is 9.59 Å². The summed E-state index contributed by atoms with van der Waals surface area (Å²) >= 11 is 12.0. The number of piperidine rings is 1. The predicted molar refractivity (Wildman–Crippen MR) is 85.9 cm³/mol. The highest BCUT2D eigenvalue weighted by Gasteiger charge is 2.48. The average Bonchev–Trinajstić information content (AvgIpc) is 3.26. The van der Waals surface area contributed by atoms with Crippen molar-refractivity contribution >= 4 is 35.0 Å². The molecule has 1 aromatic rings. The first-order chi connectivity index (χ1) is 10.5. The molecule has 2 fully saturated rings. The van der Waals surface area contributed by atoms with Gasteiger partial charge in [-0.1, -0.05) is 23.2 Å². The van der Waals surface area contributed by atoms with E-state index in [1.165, 1.54) is 0 Å². The normalized spacial score (nSPS) is 27.5. The molecule has 0 aromatic heterocycles. The van der Waals surface area contributed by atoms with Crippen LogP contribution in [0.1, 0.15) is 37.2 Å². The van der Waals surface area contributed by atoms with E-state index >= 15 is 0 Å². The van der Waals surface area contributed by atoms with E-state index in [1.807, 2.05) is 12.1 Å². The number of hydrogen-bond acceptors (Lipinski definition) is 2. The molecule has 2 aliphatic rings. The van der Waals surface area contributed by atoms with E-state index in [2.05, 4.69) is 0 Å². The largest absolute Gasteiger partial charge is 0.368 e. The Kier molecular flexibility index (Phi) is 4.33. The van der Waals surface area contributed by atoms with Gasteiger partial charge in [0.25, 0.3) is 0 Å². The first-order valence-electron chi connectivity index (χ1n) is 7.53. The molecule has 3 unspecified atom stereocenters. The molecule has 1 aliphatic heterocycles. The molecular weight excluding hydrogens is 323 g/mol. The summed E-state index contributed by atoms with van der Waals surface area (Å²) in [4.78, 5) is 25.9. The third-order valence-electron chi connectivity index (χ3n) is 4.53. The maximum absolute atomic E-state index is 12.7. The molecule has 1 heterocycles. The van der Waals surface area contributed by atoms with Gasteiger partial charge in [0.15, 0.2) is 0 Å². The van der Waals surface area contributed by atoms with Crippen LogP contribution in [-0.4, -0.2) is 29.3 Å². The van der Waals surface area contributed by atoms with Crippen molar-refractivity contribution in [3.05, 3.63) is 33.8 Å². The number of benzene rings is 1. The quantitative estimate of drug-likeness (QED) is 0.919. The molecular formula is C16H18Cl2N2O2.